The van der Waals surface area contributed by atoms with Crippen LogP contribution in [0.5, 0.6) is 11.5 Å². The lowest BCUT2D eigenvalue weighted by atomic mass is 10.0. The molecule has 1 amide bonds. The van der Waals surface area contributed by atoms with E-state index in [2.05, 4.69) is 11.3 Å². The number of likely N-dealkylation sites (tertiary alicyclic amines) is 1. The van der Waals surface area contributed by atoms with Crippen molar-refractivity contribution in [2.45, 2.75) is 32.7 Å². The van der Waals surface area contributed by atoms with Crippen LogP contribution in [-0.4, -0.2) is 42.7 Å². The number of carbonyl (C=O) groups is 1. The number of amides is 1. The van der Waals surface area contributed by atoms with Gasteiger partial charge in [0.25, 0.3) is 0 Å². The maximum atomic E-state index is 12.5. The third-order valence-electron chi connectivity index (χ3n) is 3.51. The number of hydrogen-bond donors (Lipinski definition) is 0. The van der Waals surface area contributed by atoms with Crippen molar-refractivity contribution in [2.24, 2.45) is 5.92 Å². The molecule has 2 rings (SSSR count). The number of alkyl halides is 3. The van der Waals surface area contributed by atoms with E-state index in [1.54, 1.807) is 26.8 Å². The molecule has 5 nitrogen and oxygen atoms in total. The van der Waals surface area contributed by atoms with Gasteiger partial charge in [0, 0.05) is 19.0 Å². The molecule has 0 saturated carbocycles. The Morgan fingerprint density at radius 2 is 1.92 bits per heavy atom. The summed E-state index contributed by atoms with van der Waals surface area (Å²) in [7, 11) is 0. The molecule has 0 N–H and O–H groups in total. The van der Waals surface area contributed by atoms with Crippen LogP contribution in [0.3, 0.4) is 0 Å². The molecule has 0 unspecified atom stereocenters. The third kappa shape index (κ3) is 5.86. The molecule has 26 heavy (non-hydrogen) atoms. The van der Waals surface area contributed by atoms with E-state index in [1.807, 2.05) is 0 Å². The molecule has 0 aliphatic carbocycles. The fourth-order valence-electron chi connectivity index (χ4n) is 2.33. The smallest absolute Gasteiger partial charge is 0.489 e. The molecular formula is C18H22F3NO4. The van der Waals surface area contributed by atoms with Gasteiger partial charge in [-0.05, 0) is 38.5 Å². The van der Waals surface area contributed by atoms with Crippen LogP contribution in [-0.2, 0) is 4.74 Å². The summed E-state index contributed by atoms with van der Waals surface area (Å²) in [5.74, 6) is -0.415. The van der Waals surface area contributed by atoms with Crippen LogP contribution in [0.25, 0.3) is 6.08 Å². The van der Waals surface area contributed by atoms with Crippen LogP contribution >= 0.6 is 0 Å². The van der Waals surface area contributed by atoms with Gasteiger partial charge in [0.1, 0.15) is 5.60 Å². The second-order valence-corrected chi connectivity index (χ2v) is 7.02. The van der Waals surface area contributed by atoms with Gasteiger partial charge in [0.2, 0.25) is 0 Å². The molecule has 0 atom stereocenters. The average molecular weight is 373 g/mol. The van der Waals surface area contributed by atoms with E-state index in [1.165, 1.54) is 23.1 Å². The maximum absolute atomic E-state index is 12.5. The standard InChI is InChI=1S/C18H22F3NO4/c1-5-12-6-7-14(15(8-12)25-18(19,20)21)24-11-13-9-22(10-13)16(23)26-17(2,3)4/h5-8,13H,1,9-11H2,2-4H3. The van der Waals surface area contributed by atoms with Crippen molar-refractivity contribution in [3.8, 4) is 11.5 Å². The fraction of sp³-hybridized carbons (Fsp3) is 0.500. The minimum Gasteiger partial charge on any atom is -0.489 e. The Morgan fingerprint density at radius 3 is 2.46 bits per heavy atom. The number of halogens is 3. The summed E-state index contributed by atoms with van der Waals surface area (Å²) in [6, 6.07) is 4.20. The van der Waals surface area contributed by atoms with Crippen molar-refractivity contribution in [2.75, 3.05) is 19.7 Å². The highest BCUT2D eigenvalue weighted by atomic mass is 19.4. The van der Waals surface area contributed by atoms with Crippen molar-refractivity contribution in [3.05, 3.63) is 30.3 Å². The van der Waals surface area contributed by atoms with Gasteiger partial charge >= 0.3 is 12.5 Å². The lowest BCUT2D eigenvalue weighted by Gasteiger charge is -2.39. The highest BCUT2D eigenvalue weighted by Crippen LogP contribution is 2.34. The first-order valence-electron chi connectivity index (χ1n) is 8.10. The molecule has 144 valence electrons. The molecule has 1 aliphatic heterocycles. The second-order valence-electron chi connectivity index (χ2n) is 7.02. The molecule has 1 saturated heterocycles. The Kier molecular flexibility index (Phi) is 5.73. The largest absolute Gasteiger partial charge is 0.573 e. The number of ether oxygens (including phenoxy) is 3. The van der Waals surface area contributed by atoms with Gasteiger partial charge in [-0.25, -0.2) is 4.79 Å². The van der Waals surface area contributed by atoms with Crippen LogP contribution in [0.15, 0.2) is 24.8 Å². The van der Waals surface area contributed by atoms with Gasteiger partial charge in [-0.3, -0.25) is 0 Å². The SMILES string of the molecule is C=Cc1ccc(OCC2CN(C(=O)OC(C)(C)C)C2)c(OC(F)(F)F)c1. The second kappa shape index (κ2) is 7.47. The lowest BCUT2D eigenvalue weighted by molar-refractivity contribution is -0.275. The first-order valence-corrected chi connectivity index (χ1v) is 8.10. The molecule has 0 radical (unpaired) electrons. The van der Waals surface area contributed by atoms with E-state index in [-0.39, 0.29) is 18.3 Å². The summed E-state index contributed by atoms with van der Waals surface area (Å²) >= 11 is 0. The van der Waals surface area contributed by atoms with Gasteiger partial charge in [0.15, 0.2) is 11.5 Å². The van der Waals surface area contributed by atoms with E-state index in [0.29, 0.717) is 18.7 Å². The van der Waals surface area contributed by atoms with Gasteiger partial charge in [-0.15, -0.1) is 13.2 Å². The Morgan fingerprint density at radius 1 is 1.27 bits per heavy atom. The van der Waals surface area contributed by atoms with E-state index in [9.17, 15) is 18.0 Å². The summed E-state index contributed by atoms with van der Waals surface area (Å²) in [5, 5.41) is 0. The number of hydrogen-bond acceptors (Lipinski definition) is 4. The molecule has 0 spiro atoms. The van der Waals surface area contributed by atoms with E-state index in [0.717, 1.165) is 0 Å². The van der Waals surface area contributed by atoms with Gasteiger partial charge in [-0.2, -0.15) is 0 Å². The highest BCUT2D eigenvalue weighted by Gasteiger charge is 2.35. The number of carbonyl (C=O) groups excluding carboxylic acids is 1. The predicted molar refractivity (Wildman–Crippen MR) is 90.0 cm³/mol. The summed E-state index contributed by atoms with van der Waals surface area (Å²) in [6.07, 6.45) is -3.82. The van der Waals surface area contributed by atoms with Crippen LogP contribution < -0.4 is 9.47 Å². The molecule has 1 heterocycles. The van der Waals surface area contributed by atoms with Crippen molar-refractivity contribution in [3.63, 3.8) is 0 Å². The first-order chi connectivity index (χ1) is 12.0. The quantitative estimate of drug-likeness (QED) is 0.764. The molecule has 1 aromatic rings. The van der Waals surface area contributed by atoms with Gasteiger partial charge in [-0.1, -0.05) is 18.7 Å². The Labute approximate surface area is 150 Å². The average Bonchev–Trinajstić information content (AvgIpc) is 2.43. The molecule has 1 fully saturated rings. The first kappa shape index (κ1) is 19.9. The summed E-state index contributed by atoms with van der Waals surface area (Å²) in [4.78, 5) is 13.4. The van der Waals surface area contributed by atoms with Gasteiger partial charge in [0.05, 0.1) is 6.61 Å². The van der Waals surface area contributed by atoms with Crippen molar-refractivity contribution < 1.29 is 32.2 Å². The molecule has 0 aromatic heterocycles. The summed E-state index contributed by atoms with van der Waals surface area (Å²) in [6.45, 7) is 9.87. The predicted octanol–water partition coefficient (Wildman–Crippen LogP) is 4.47. The van der Waals surface area contributed by atoms with Crippen molar-refractivity contribution in [1.82, 2.24) is 4.90 Å². The highest BCUT2D eigenvalue weighted by molar-refractivity contribution is 5.69. The van der Waals surface area contributed by atoms with Crippen LogP contribution in [0.4, 0.5) is 18.0 Å². The Hall–Kier alpha value is -2.38. The topological polar surface area (TPSA) is 48.0 Å². The maximum Gasteiger partial charge on any atom is 0.573 e. The fourth-order valence-corrected chi connectivity index (χ4v) is 2.33. The summed E-state index contributed by atoms with van der Waals surface area (Å²) < 4.78 is 52.4. The zero-order chi connectivity index (χ0) is 19.5. The van der Waals surface area contributed by atoms with E-state index >= 15 is 0 Å². The van der Waals surface area contributed by atoms with Crippen LogP contribution in [0.2, 0.25) is 0 Å². The monoisotopic (exact) mass is 373 g/mol. The number of rotatable bonds is 5. The minimum atomic E-state index is -4.82. The van der Waals surface area contributed by atoms with E-state index < -0.39 is 23.8 Å². The van der Waals surface area contributed by atoms with Crippen molar-refractivity contribution >= 4 is 12.2 Å². The number of nitrogens with zero attached hydrogens (tertiary/aromatic N) is 1. The summed E-state index contributed by atoms with van der Waals surface area (Å²) in [5.41, 5.74) is -0.0913. The van der Waals surface area contributed by atoms with Crippen LogP contribution in [0, 0.1) is 5.92 Å². The molecule has 0 bridgehead atoms. The van der Waals surface area contributed by atoms with E-state index in [4.69, 9.17) is 9.47 Å². The van der Waals surface area contributed by atoms with Gasteiger partial charge < -0.3 is 19.1 Å². The Balaban J connectivity index is 1.90. The molecular weight excluding hydrogens is 351 g/mol. The van der Waals surface area contributed by atoms with Crippen molar-refractivity contribution in [1.29, 1.82) is 0 Å². The number of benzene rings is 1. The zero-order valence-corrected chi connectivity index (χ0v) is 14.9. The normalized spacial score (nSPS) is 15.2. The molecule has 1 aromatic carbocycles. The third-order valence-corrected chi connectivity index (χ3v) is 3.51. The molecule has 8 heteroatoms. The van der Waals surface area contributed by atoms with Crippen LogP contribution in [0.1, 0.15) is 26.3 Å². The lowest BCUT2D eigenvalue weighted by Crippen LogP contribution is -2.53. The Bertz CT molecular complexity index is 661. The molecule has 1 aliphatic rings. The minimum absolute atomic E-state index is 0.0105. The zero-order valence-electron chi connectivity index (χ0n) is 14.9.